The molecule has 0 aromatic carbocycles. The SMILES string of the molecule is Cc1nc(C2CCOCC2)nc(C)c1CCCNC1CC1. The van der Waals surface area contributed by atoms with Crippen LogP contribution in [0.1, 0.15) is 60.8 Å². The zero-order valence-corrected chi connectivity index (χ0v) is 13.3. The van der Waals surface area contributed by atoms with Crippen LogP contribution in [0.2, 0.25) is 0 Å². The Morgan fingerprint density at radius 1 is 1.05 bits per heavy atom. The van der Waals surface area contributed by atoms with E-state index in [0.717, 1.165) is 50.9 Å². The van der Waals surface area contributed by atoms with Crippen molar-refractivity contribution >= 4 is 0 Å². The molecule has 1 saturated heterocycles. The van der Waals surface area contributed by atoms with Gasteiger partial charge in [0.2, 0.25) is 0 Å². The third-order valence-corrected chi connectivity index (χ3v) is 4.64. The number of ether oxygens (including phenoxy) is 1. The summed E-state index contributed by atoms with van der Waals surface area (Å²) in [5, 5.41) is 3.57. The van der Waals surface area contributed by atoms with Crippen LogP contribution in [-0.2, 0) is 11.2 Å². The van der Waals surface area contributed by atoms with Crippen LogP contribution in [0.3, 0.4) is 0 Å². The van der Waals surface area contributed by atoms with E-state index in [2.05, 4.69) is 19.2 Å². The van der Waals surface area contributed by atoms with E-state index in [1.165, 1.54) is 36.2 Å². The standard InChI is InChI=1S/C17H27N3O/c1-12-16(4-3-9-18-15-5-6-15)13(2)20-17(19-12)14-7-10-21-11-8-14/h14-15,18H,3-11H2,1-2H3. The van der Waals surface area contributed by atoms with Crippen LogP contribution in [0.4, 0.5) is 0 Å². The van der Waals surface area contributed by atoms with Crippen molar-refractivity contribution < 1.29 is 4.74 Å². The molecular formula is C17H27N3O. The van der Waals surface area contributed by atoms with Gasteiger partial charge in [-0.3, -0.25) is 0 Å². The van der Waals surface area contributed by atoms with E-state index in [9.17, 15) is 0 Å². The van der Waals surface area contributed by atoms with Crippen molar-refractivity contribution in [1.29, 1.82) is 0 Å². The fourth-order valence-corrected chi connectivity index (χ4v) is 3.12. The highest BCUT2D eigenvalue weighted by Gasteiger charge is 2.21. The molecule has 0 radical (unpaired) electrons. The smallest absolute Gasteiger partial charge is 0.132 e. The number of aryl methyl sites for hydroxylation is 2. The van der Waals surface area contributed by atoms with Crippen molar-refractivity contribution in [3.05, 3.63) is 22.8 Å². The van der Waals surface area contributed by atoms with Crippen LogP contribution < -0.4 is 5.32 Å². The largest absolute Gasteiger partial charge is 0.381 e. The molecular weight excluding hydrogens is 262 g/mol. The van der Waals surface area contributed by atoms with E-state index in [1.807, 2.05) is 0 Å². The second kappa shape index (κ2) is 6.84. The monoisotopic (exact) mass is 289 g/mol. The molecule has 0 atom stereocenters. The molecule has 116 valence electrons. The summed E-state index contributed by atoms with van der Waals surface area (Å²) >= 11 is 0. The Morgan fingerprint density at radius 2 is 1.71 bits per heavy atom. The van der Waals surface area contributed by atoms with Gasteiger partial charge < -0.3 is 10.1 Å². The molecule has 1 saturated carbocycles. The summed E-state index contributed by atoms with van der Waals surface area (Å²) in [6.07, 6.45) is 7.11. The van der Waals surface area contributed by atoms with E-state index < -0.39 is 0 Å². The van der Waals surface area contributed by atoms with Gasteiger partial charge in [0, 0.05) is 36.6 Å². The molecule has 0 spiro atoms. The Balaban J connectivity index is 1.60. The number of rotatable bonds is 6. The Hall–Kier alpha value is -1.00. The average molecular weight is 289 g/mol. The highest BCUT2D eigenvalue weighted by atomic mass is 16.5. The van der Waals surface area contributed by atoms with Gasteiger partial charge in [-0.25, -0.2) is 9.97 Å². The normalized spacial score (nSPS) is 19.9. The first kappa shape index (κ1) is 14.9. The molecule has 1 aromatic rings. The topological polar surface area (TPSA) is 47.0 Å². The van der Waals surface area contributed by atoms with Gasteiger partial charge in [-0.1, -0.05) is 0 Å². The number of aromatic nitrogens is 2. The molecule has 4 heteroatoms. The first-order chi connectivity index (χ1) is 10.2. The molecule has 1 aliphatic carbocycles. The van der Waals surface area contributed by atoms with Crippen molar-refractivity contribution in [2.24, 2.45) is 0 Å². The van der Waals surface area contributed by atoms with E-state index >= 15 is 0 Å². The summed E-state index contributed by atoms with van der Waals surface area (Å²) in [6.45, 7) is 7.09. The lowest BCUT2D eigenvalue weighted by atomic mass is 9.98. The second-order valence-corrected chi connectivity index (χ2v) is 6.45. The number of hydrogen-bond acceptors (Lipinski definition) is 4. The summed E-state index contributed by atoms with van der Waals surface area (Å²) in [5.74, 6) is 1.52. The quantitative estimate of drug-likeness (QED) is 0.818. The summed E-state index contributed by atoms with van der Waals surface area (Å²) < 4.78 is 5.43. The summed E-state index contributed by atoms with van der Waals surface area (Å²) in [4.78, 5) is 9.59. The van der Waals surface area contributed by atoms with Gasteiger partial charge in [-0.2, -0.15) is 0 Å². The molecule has 4 nitrogen and oxygen atoms in total. The molecule has 2 heterocycles. The van der Waals surface area contributed by atoms with Gasteiger partial charge in [0.25, 0.3) is 0 Å². The summed E-state index contributed by atoms with van der Waals surface area (Å²) in [6, 6.07) is 0.805. The third-order valence-electron chi connectivity index (χ3n) is 4.64. The maximum absolute atomic E-state index is 5.43. The molecule has 21 heavy (non-hydrogen) atoms. The fraction of sp³-hybridized carbons (Fsp3) is 0.765. The Bertz CT molecular complexity index is 456. The molecule has 0 bridgehead atoms. The van der Waals surface area contributed by atoms with Crippen molar-refractivity contribution in [3.8, 4) is 0 Å². The van der Waals surface area contributed by atoms with E-state index in [4.69, 9.17) is 14.7 Å². The number of nitrogens with one attached hydrogen (secondary N) is 1. The van der Waals surface area contributed by atoms with Crippen LogP contribution in [0, 0.1) is 13.8 Å². The zero-order chi connectivity index (χ0) is 14.7. The van der Waals surface area contributed by atoms with Gasteiger partial charge in [0.15, 0.2) is 0 Å². The van der Waals surface area contributed by atoms with Gasteiger partial charge in [0.05, 0.1) is 0 Å². The molecule has 0 amide bonds. The fourth-order valence-electron chi connectivity index (χ4n) is 3.12. The maximum atomic E-state index is 5.43. The highest BCUT2D eigenvalue weighted by Crippen LogP contribution is 2.26. The summed E-state index contributed by atoms with van der Waals surface area (Å²) in [7, 11) is 0. The van der Waals surface area contributed by atoms with Crippen molar-refractivity contribution in [3.63, 3.8) is 0 Å². The number of hydrogen-bond donors (Lipinski definition) is 1. The minimum absolute atomic E-state index is 0.488. The molecule has 2 aliphatic rings. The predicted molar refractivity (Wildman–Crippen MR) is 83.6 cm³/mol. The van der Waals surface area contributed by atoms with Gasteiger partial charge in [-0.15, -0.1) is 0 Å². The highest BCUT2D eigenvalue weighted by molar-refractivity contribution is 5.25. The Labute approximate surface area is 127 Å². The molecule has 3 rings (SSSR count). The Kier molecular flexibility index (Phi) is 4.86. The van der Waals surface area contributed by atoms with Crippen LogP contribution in [0.5, 0.6) is 0 Å². The lowest BCUT2D eigenvalue weighted by Crippen LogP contribution is -2.19. The van der Waals surface area contributed by atoms with Crippen LogP contribution in [0.15, 0.2) is 0 Å². The van der Waals surface area contributed by atoms with E-state index in [1.54, 1.807) is 0 Å². The van der Waals surface area contributed by atoms with Crippen molar-refractivity contribution in [2.45, 2.75) is 64.3 Å². The predicted octanol–water partition coefficient (Wildman–Crippen LogP) is 2.67. The molecule has 2 fully saturated rings. The molecule has 1 aliphatic heterocycles. The molecule has 0 unspecified atom stereocenters. The van der Waals surface area contributed by atoms with Gasteiger partial charge in [0.1, 0.15) is 5.82 Å². The molecule has 1 aromatic heterocycles. The first-order valence-corrected chi connectivity index (χ1v) is 8.39. The maximum Gasteiger partial charge on any atom is 0.132 e. The Morgan fingerprint density at radius 3 is 2.33 bits per heavy atom. The van der Waals surface area contributed by atoms with Crippen molar-refractivity contribution in [1.82, 2.24) is 15.3 Å². The van der Waals surface area contributed by atoms with Crippen LogP contribution >= 0.6 is 0 Å². The van der Waals surface area contributed by atoms with E-state index in [0.29, 0.717) is 5.92 Å². The van der Waals surface area contributed by atoms with E-state index in [-0.39, 0.29) is 0 Å². The zero-order valence-electron chi connectivity index (χ0n) is 13.3. The third kappa shape index (κ3) is 4.01. The van der Waals surface area contributed by atoms with Gasteiger partial charge >= 0.3 is 0 Å². The molecule has 1 N–H and O–H groups in total. The number of nitrogens with zero attached hydrogens (tertiary/aromatic N) is 2. The minimum atomic E-state index is 0.488. The minimum Gasteiger partial charge on any atom is -0.381 e. The lowest BCUT2D eigenvalue weighted by molar-refractivity contribution is 0.0835. The van der Waals surface area contributed by atoms with Gasteiger partial charge in [-0.05, 0) is 64.5 Å². The first-order valence-electron chi connectivity index (χ1n) is 8.39. The lowest BCUT2D eigenvalue weighted by Gasteiger charge is -2.22. The summed E-state index contributed by atoms with van der Waals surface area (Å²) in [5.41, 5.74) is 3.70. The van der Waals surface area contributed by atoms with Crippen molar-refractivity contribution in [2.75, 3.05) is 19.8 Å². The second-order valence-electron chi connectivity index (χ2n) is 6.45. The van der Waals surface area contributed by atoms with Crippen LogP contribution in [0.25, 0.3) is 0 Å². The average Bonchev–Trinajstić information content (AvgIpc) is 3.30. The van der Waals surface area contributed by atoms with Crippen LogP contribution in [-0.4, -0.2) is 35.8 Å².